The van der Waals surface area contributed by atoms with Gasteiger partial charge in [0.25, 0.3) is 0 Å². The number of thiazole rings is 1. The molecule has 1 fully saturated rings. The maximum atomic E-state index is 6.13. The van der Waals surface area contributed by atoms with Crippen LogP contribution in [0.2, 0.25) is 5.02 Å². The van der Waals surface area contributed by atoms with Gasteiger partial charge in [-0.05, 0) is 36.6 Å². The van der Waals surface area contributed by atoms with Crippen molar-refractivity contribution in [1.29, 1.82) is 0 Å². The minimum Gasteiger partial charge on any atom is -0.354 e. The van der Waals surface area contributed by atoms with Crippen molar-refractivity contribution < 1.29 is 0 Å². The van der Waals surface area contributed by atoms with Gasteiger partial charge in [0, 0.05) is 31.4 Å². The van der Waals surface area contributed by atoms with Gasteiger partial charge in [-0.3, -0.25) is 0 Å². The predicted molar refractivity (Wildman–Crippen MR) is 117 cm³/mol. The van der Waals surface area contributed by atoms with Crippen LogP contribution in [0.15, 0.2) is 36.8 Å². The average Bonchev–Trinajstić information content (AvgIpc) is 3.34. The van der Waals surface area contributed by atoms with Crippen molar-refractivity contribution in [2.45, 2.75) is 19.4 Å². The maximum Gasteiger partial charge on any atom is 0.186 e. The van der Waals surface area contributed by atoms with Crippen LogP contribution in [0.25, 0.3) is 21.3 Å². The predicted octanol–water partition coefficient (Wildman–Crippen LogP) is 4.57. The zero-order valence-corrected chi connectivity index (χ0v) is 17.3. The Morgan fingerprint density at radius 3 is 3.07 bits per heavy atom. The number of hydrogen-bond donors (Lipinski definition) is 1. The summed E-state index contributed by atoms with van der Waals surface area (Å²) in [6.07, 6.45) is 4.67. The Morgan fingerprint density at radius 2 is 2.18 bits per heavy atom. The van der Waals surface area contributed by atoms with Crippen LogP contribution in [0, 0.1) is 5.92 Å². The van der Waals surface area contributed by atoms with E-state index in [9.17, 15) is 0 Å². The van der Waals surface area contributed by atoms with Gasteiger partial charge in [-0.15, -0.1) is 0 Å². The molecule has 28 heavy (non-hydrogen) atoms. The number of benzene rings is 1. The Bertz CT molecular complexity index is 1140. The highest BCUT2D eigenvalue weighted by molar-refractivity contribution is 7.22. The van der Waals surface area contributed by atoms with E-state index in [-0.39, 0.29) is 0 Å². The molecule has 4 heterocycles. The lowest BCUT2D eigenvalue weighted by atomic mass is 9.92. The molecule has 1 N–H and O–H groups in total. The third kappa shape index (κ3) is 2.99. The van der Waals surface area contributed by atoms with Crippen molar-refractivity contribution in [1.82, 2.24) is 19.9 Å². The van der Waals surface area contributed by atoms with Gasteiger partial charge in [-0.1, -0.05) is 29.9 Å². The largest absolute Gasteiger partial charge is 0.354 e. The summed E-state index contributed by atoms with van der Waals surface area (Å²) in [4.78, 5) is 21.6. The SMILES string of the molecule is CC1CCN(c2nc3cc(Cl)ccc3s2)CC1N(C)c1ncnc2[nH]ccc12. The average molecular weight is 413 g/mol. The molecule has 1 aliphatic heterocycles. The van der Waals surface area contributed by atoms with Gasteiger partial charge < -0.3 is 14.8 Å². The van der Waals surface area contributed by atoms with Crippen LogP contribution < -0.4 is 9.80 Å². The molecule has 3 aromatic heterocycles. The molecule has 2 atom stereocenters. The summed E-state index contributed by atoms with van der Waals surface area (Å²) in [6, 6.07) is 8.31. The molecule has 5 rings (SSSR count). The number of piperidine rings is 1. The van der Waals surface area contributed by atoms with Crippen molar-refractivity contribution in [2.24, 2.45) is 5.92 Å². The standard InChI is InChI=1S/C20H21ClN6S/c1-12-6-8-27(20-25-15-9-13(21)3-4-17(15)28-20)10-16(12)26(2)19-14-5-7-22-18(14)23-11-24-19/h3-5,7,9,11-12,16H,6,8,10H2,1-2H3,(H,22,23,24). The van der Waals surface area contributed by atoms with Crippen LogP contribution in [-0.2, 0) is 0 Å². The van der Waals surface area contributed by atoms with Crippen LogP contribution >= 0.6 is 22.9 Å². The molecule has 1 saturated heterocycles. The summed E-state index contributed by atoms with van der Waals surface area (Å²) < 4.78 is 1.17. The highest BCUT2D eigenvalue weighted by Crippen LogP contribution is 2.35. The second-order valence-electron chi connectivity index (χ2n) is 7.44. The van der Waals surface area contributed by atoms with Crippen molar-refractivity contribution in [3.05, 3.63) is 41.8 Å². The molecule has 8 heteroatoms. The Labute approximate surface area is 172 Å². The van der Waals surface area contributed by atoms with E-state index in [4.69, 9.17) is 16.6 Å². The van der Waals surface area contributed by atoms with Gasteiger partial charge in [-0.25, -0.2) is 15.0 Å². The number of nitrogens with zero attached hydrogens (tertiary/aromatic N) is 5. The fourth-order valence-electron chi connectivity index (χ4n) is 4.05. The summed E-state index contributed by atoms with van der Waals surface area (Å²) in [7, 11) is 2.14. The molecule has 2 unspecified atom stereocenters. The number of nitrogens with one attached hydrogen (secondary N) is 1. The topological polar surface area (TPSA) is 60.9 Å². The van der Waals surface area contributed by atoms with E-state index in [1.54, 1.807) is 17.7 Å². The molecule has 6 nitrogen and oxygen atoms in total. The Balaban J connectivity index is 1.45. The molecule has 0 saturated carbocycles. The van der Waals surface area contributed by atoms with E-state index >= 15 is 0 Å². The minimum atomic E-state index is 0.345. The normalized spacial score (nSPS) is 20.2. The first kappa shape index (κ1) is 17.7. The molecule has 1 aromatic carbocycles. The van der Waals surface area contributed by atoms with Gasteiger partial charge in [0.1, 0.15) is 17.8 Å². The number of likely N-dealkylation sites (N-methyl/N-ethyl adjacent to an activating group) is 1. The lowest BCUT2D eigenvalue weighted by molar-refractivity contribution is 0.367. The molecule has 0 radical (unpaired) electrons. The van der Waals surface area contributed by atoms with Crippen molar-refractivity contribution >= 4 is 55.1 Å². The molecule has 0 amide bonds. The first-order chi connectivity index (χ1) is 13.6. The van der Waals surface area contributed by atoms with Crippen molar-refractivity contribution in [3.63, 3.8) is 0 Å². The monoisotopic (exact) mass is 412 g/mol. The Morgan fingerprint density at radius 1 is 1.29 bits per heavy atom. The molecule has 0 aliphatic carbocycles. The van der Waals surface area contributed by atoms with Gasteiger partial charge in [0.15, 0.2) is 5.13 Å². The third-order valence-electron chi connectivity index (χ3n) is 5.69. The minimum absolute atomic E-state index is 0.345. The number of halogens is 1. The summed E-state index contributed by atoms with van der Waals surface area (Å²) in [5.41, 5.74) is 1.85. The smallest absolute Gasteiger partial charge is 0.186 e. The van der Waals surface area contributed by atoms with Gasteiger partial charge in [-0.2, -0.15) is 0 Å². The summed E-state index contributed by atoms with van der Waals surface area (Å²) in [5, 5.41) is 2.86. The number of aromatic nitrogens is 4. The highest BCUT2D eigenvalue weighted by Gasteiger charge is 2.32. The van der Waals surface area contributed by atoms with Crippen LogP contribution in [-0.4, -0.2) is 46.1 Å². The molecule has 144 valence electrons. The van der Waals surface area contributed by atoms with Gasteiger partial charge >= 0.3 is 0 Å². The number of rotatable bonds is 3. The van der Waals surface area contributed by atoms with Gasteiger partial charge in [0.2, 0.25) is 0 Å². The third-order valence-corrected chi connectivity index (χ3v) is 7.02. The second kappa shape index (κ2) is 6.90. The number of fused-ring (bicyclic) bond motifs is 2. The first-order valence-electron chi connectivity index (χ1n) is 9.42. The lowest BCUT2D eigenvalue weighted by Crippen LogP contribution is -2.51. The van der Waals surface area contributed by atoms with Crippen molar-refractivity contribution in [3.8, 4) is 0 Å². The summed E-state index contributed by atoms with van der Waals surface area (Å²) in [6.45, 7) is 4.26. The number of H-pyrrole nitrogens is 1. The zero-order valence-electron chi connectivity index (χ0n) is 15.8. The molecular weight excluding hydrogens is 392 g/mol. The molecular formula is C20H21ClN6S. The van der Waals surface area contributed by atoms with E-state index in [0.717, 1.165) is 52.0 Å². The van der Waals surface area contributed by atoms with Gasteiger partial charge in [0.05, 0.1) is 21.6 Å². The summed E-state index contributed by atoms with van der Waals surface area (Å²) in [5.74, 6) is 1.54. The van der Waals surface area contributed by atoms with Crippen LogP contribution in [0.4, 0.5) is 10.9 Å². The second-order valence-corrected chi connectivity index (χ2v) is 8.88. The molecule has 0 bridgehead atoms. The zero-order chi connectivity index (χ0) is 19.3. The summed E-state index contributed by atoms with van der Waals surface area (Å²) >= 11 is 7.87. The Kier molecular flexibility index (Phi) is 4.36. The van der Waals surface area contributed by atoms with E-state index in [1.165, 1.54) is 4.70 Å². The number of hydrogen-bond acceptors (Lipinski definition) is 6. The molecule has 0 spiro atoms. The van der Waals surface area contributed by atoms with E-state index < -0.39 is 0 Å². The fraction of sp³-hybridized carbons (Fsp3) is 0.350. The quantitative estimate of drug-likeness (QED) is 0.534. The van der Waals surface area contributed by atoms with Crippen molar-refractivity contribution in [2.75, 3.05) is 29.9 Å². The number of anilines is 2. The Hall–Kier alpha value is -2.38. The number of aromatic amines is 1. The van der Waals surface area contributed by atoms with E-state index in [2.05, 4.69) is 44.8 Å². The van der Waals surface area contributed by atoms with E-state index in [1.807, 2.05) is 24.4 Å². The molecule has 4 aromatic rings. The fourth-order valence-corrected chi connectivity index (χ4v) is 5.19. The van der Waals surface area contributed by atoms with Crippen LogP contribution in [0.5, 0.6) is 0 Å². The highest BCUT2D eigenvalue weighted by atomic mass is 35.5. The first-order valence-corrected chi connectivity index (χ1v) is 10.6. The van der Waals surface area contributed by atoms with E-state index in [0.29, 0.717) is 12.0 Å². The van der Waals surface area contributed by atoms with Crippen LogP contribution in [0.1, 0.15) is 13.3 Å². The maximum absolute atomic E-state index is 6.13. The lowest BCUT2D eigenvalue weighted by Gasteiger charge is -2.42. The van der Waals surface area contributed by atoms with Crippen LogP contribution in [0.3, 0.4) is 0 Å². The molecule has 1 aliphatic rings.